The summed E-state index contributed by atoms with van der Waals surface area (Å²) in [5.74, 6) is 6.79. The molecule has 29 heavy (non-hydrogen) atoms. The molecule has 1 aromatic carbocycles. The Morgan fingerprint density at radius 1 is 1.10 bits per heavy atom. The average molecular weight is 429 g/mol. The molecule has 1 fully saturated rings. The van der Waals surface area contributed by atoms with Crippen LogP contribution >= 0.6 is 23.1 Å². The van der Waals surface area contributed by atoms with Crippen LogP contribution in [0, 0.1) is 0 Å². The lowest BCUT2D eigenvalue weighted by molar-refractivity contribution is -0.113. The van der Waals surface area contributed by atoms with Crippen molar-refractivity contribution >= 4 is 40.4 Å². The van der Waals surface area contributed by atoms with Gasteiger partial charge in [0.05, 0.1) is 10.6 Å². The molecular formula is C20H24N6OS2. The van der Waals surface area contributed by atoms with E-state index in [0.29, 0.717) is 11.0 Å². The second kappa shape index (κ2) is 9.32. The van der Waals surface area contributed by atoms with Crippen LogP contribution in [0.25, 0.3) is 10.7 Å². The van der Waals surface area contributed by atoms with Gasteiger partial charge in [-0.15, -0.1) is 21.5 Å². The van der Waals surface area contributed by atoms with Gasteiger partial charge in [0, 0.05) is 24.5 Å². The molecule has 1 aliphatic rings. The highest BCUT2D eigenvalue weighted by molar-refractivity contribution is 7.99. The number of hydrogen-bond acceptors (Lipinski definition) is 7. The largest absolute Gasteiger partial charge is 0.372 e. The lowest BCUT2D eigenvalue weighted by Gasteiger charge is -2.22. The van der Waals surface area contributed by atoms with Crippen LogP contribution in [0.15, 0.2) is 46.9 Å². The maximum absolute atomic E-state index is 12.3. The van der Waals surface area contributed by atoms with Crippen LogP contribution in [0.4, 0.5) is 11.4 Å². The molecule has 1 saturated heterocycles. The molecule has 2 aromatic heterocycles. The molecule has 0 spiro atoms. The lowest BCUT2D eigenvalue weighted by Crippen LogP contribution is -2.23. The van der Waals surface area contributed by atoms with Gasteiger partial charge in [-0.05, 0) is 48.6 Å². The van der Waals surface area contributed by atoms with Gasteiger partial charge in [0.2, 0.25) is 11.1 Å². The number of carbonyl (C=O) groups is 1. The van der Waals surface area contributed by atoms with Gasteiger partial charge in [-0.25, -0.2) is 4.68 Å². The van der Waals surface area contributed by atoms with Gasteiger partial charge in [-0.1, -0.05) is 30.7 Å². The van der Waals surface area contributed by atoms with Gasteiger partial charge in [-0.3, -0.25) is 4.79 Å². The Kier molecular flexibility index (Phi) is 6.36. The first-order valence-electron chi connectivity index (χ1n) is 9.73. The van der Waals surface area contributed by atoms with Gasteiger partial charge in [0.1, 0.15) is 0 Å². The Hall–Kier alpha value is -2.52. The van der Waals surface area contributed by atoms with E-state index >= 15 is 0 Å². The van der Waals surface area contributed by atoms with E-state index in [0.717, 1.165) is 23.7 Å². The number of anilines is 2. The van der Waals surface area contributed by atoms with Crippen LogP contribution in [-0.4, -0.2) is 39.6 Å². The van der Waals surface area contributed by atoms with Crippen LogP contribution in [0.5, 0.6) is 0 Å². The Morgan fingerprint density at radius 3 is 2.55 bits per heavy atom. The SMILES string of the molecule is Nn1c(SCC(=O)Nc2ccc(N3CCCCCC3)cc2)nnc1-c1cccs1. The predicted octanol–water partition coefficient (Wildman–Crippen LogP) is 3.83. The molecule has 9 heteroatoms. The van der Waals surface area contributed by atoms with E-state index in [9.17, 15) is 4.79 Å². The van der Waals surface area contributed by atoms with Crippen molar-refractivity contribution in [1.82, 2.24) is 14.9 Å². The number of nitrogen functional groups attached to an aromatic ring is 1. The Bertz CT molecular complexity index is 931. The van der Waals surface area contributed by atoms with Crippen molar-refractivity contribution in [2.75, 3.05) is 34.9 Å². The number of thioether (sulfide) groups is 1. The lowest BCUT2D eigenvalue weighted by atomic mass is 10.2. The minimum atomic E-state index is -0.0989. The Balaban J connectivity index is 1.31. The van der Waals surface area contributed by atoms with Crippen LogP contribution in [-0.2, 0) is 4.79 Å². The van der Waals surface area contributed by atoms with Crippen LogP contribution < -0.4 is 16.1 Å². The highest BCUT2D eigenvalue weighted by atomic mass is 32.2. The molecule has 0 aliphatic carbocycles. The predicted molar refractivity (Wildman–Crippen MR) is 120 cm³/mol. The topological polar surface area (TPSA) is 89.1 Å². The van der Waals surface area contributed by atoms with Crippen molar-refractivity contribution in [2.24, 2.45) is 0 Å². The number of aromatic nitrogens is 3. The zero-order valence-electron chi connectivity index (χ0n) is 16.1. The maximum atomic E-state index is 12.3. The standard InChI is InChI=1S/C20H24N6OS2/c21-26-19(17-6-5-13-28-17)23-24-20(26)29-14-18(27)22-15-7-9-16(10-8-15)25-11-3-1-2-4-12-25/h5-10,13H,1-4,11-12,14,21H2,(H,22,27). The summed E-state index contributed by atoms with van der Waals surface area (Å²) in [6, 6.07) is 12.0. The fourth-order valence-electron chi connectivity index (χ4n) is 3.36. The summed E-state index contributed by atoms with van der Waals surface area (Å²) < 4.78 is 1.43. The summed E-state index contributed by atoms with van der Waals surface area (Å²) in [5.41, 5.74) is 2.01. The molecule has 0 atom stereocenters. The van der Waals surface area contributed by atoms with E-state index < -0.39 is 0 Å². The Labute approximate surface area is 178 Å². The molecule has 7 nitrogen and oxygen atoms in total. The molecule has 4 rings (SSSR count). The molecule has 3 N–H and O–H groups in total. The van der Waals surface area contributed by atoms with Gasteiger partial charge >= 0.3 is 0 Å². The van der Waals surface area contributed by atoms with E-state index in [2.05, 4.69) is 32.5 Å². The first-order chi connectivity index (χ1) is 14.2. The molecule has 3 heterocycles. The summed E-state index contributed by atoms with van der Waals surface area (Å²) in [6.45, 7) is 2.21. The minimum absolute atomic E-state index is 0.0989. The quantitative estimate of drug-likeness (QED) is 0.458. The summed E-state index contributed by atoms with van der Waals surface area (Å²) in [6.07, 6.45) is 5.12. The highest BCUT2D eigenvalue weighted by Gasteiger charge is 2.15. The number of rotatable bonds is 6. The molecule has 0 radical (unpaired) electrons. The number of nitrogens with zero attached hydrogens (tertiary/aromatic N) is 4. The number of benzene rings is 1. The van der Waals surface area contributed by atoms with Crippen LogP contribution in [0.1, 0.15) is 25.7 Å². The molecule has 0 bridgehead atoms. The molecule has 3 aromatic rings. The molecule has 1 amide bonds. The van der Waals surface area contributed by atoms with Gasteiger partial charge in [0.25, 0.3) is 0 Å². The molecule has 0 saturated carbocycles. The second-order valence-electron chi connectivity index (χ2n) is 6.94. The third-order valence-corrected chi connectivity index (χ3v) is 6.67. The molecular weight excluding hydrogens is 404 g/mol. The van der Waals surface area contributed by atoms with E-state index in [4.69, 9.17) is 5.84 Å². The summed E-state index contributed by atoms with van der Waals surface area (Å²) in [7, 11) is 0. The van der Waals surface area contributed by atoms with Crippen molar-refractivity contribution in [3.8, 4) is 10.7 Å². The second-order valence-corrected chi connectivity index (χ2v) is 8.83. The van der Waals surface area contributed by atoms with Gasteiger partial charge in [-0.2, -0.15) is 0 Å². The normalized spacial score (nSPS) is 14.6. The average Bonchev–Trinajstić information content (AvgIpc) is 3.29. The molecule has 0 unspecified atom stereocenters. The number of hydrogen-bond donors (Lipinski definition) is 2. The van der Waals surface area contributed by atoms with Crippen LogP contribution in [0.3, 0.4) is 0 Å². The highest BCUT2D eigenvalue weighted by Crippen LogP contribution is 2.25. The van der Waals surface area contributed by atoms with Crippen molar-refractivity contribution in [1.29, 1.82) is 0 Å². The summed E-state index contributed by atoms with van der Waals surface area (Å²) in [5, 5.41) is 13.6. The number of carbonyl (C=O) groups excluding carboxylic acids is 1. The fourth-order valence-corrected chi connectivity index (χ4v) is 4.72. The van der Waals surface area contributed by atoms with E-state index in [1.165, 1.54) is 47.8 Å². The van der Waals surface area contributed by atoms with E-state index in [1.54, 1.807) is 11.3 Å². The van der Waals surface area contributed by atoms with E-state index in [-0.39, 0.29) is 11.7 Å². The van der Waals surface area contributed by atoms with Crippen LogP contribution in [0.2, 0.25) is 0 Å². The Morgan fingerprint density at radius 2 is 1.86 bits per heavy atom. The fraction of sp³-hybridized carbons (Fsp3) is 0.350. The summed E-state index contributed by atoms with van der Waals surface area (Å²) >= 11 is 2.82. The maximum Gasteiger partial charge on any atom is 0.234 e. The monoisotopic (exact) mass is 428 g/mol. The molecule has 1 aliphatic heterocycles. The molecule has 152 valence electrons. The number of amides is 1. The number of thiophene rings is 1. The van der Waals surface area contributed by atoms with Crippen molar-refractivity contribution < 1.29 is 4.79 Å². The zero-order chi connectivity index (χ0) is 20.1. The van der Waals surface area contributed by atoms with Crippen molar-refractivity contribution in [3.63, 3.8) is 0 Å². The van der Waals surface area contributed by atoms with Crippen molar-refractivity contribution in [2.45, 2.75) is 30.8 Å². The summed E-state index contributed by atoms with van der Waals surface area (Å²) in [4.78, 5) is 15.7. The van der Waals surface area contributed by atoms with Gasteiger partial charge in [0.15, 0.2) is 5.82 Å². The first-order valence-corrected chi connectivity index (χ1v) is 11.6. The minimum Gasteiger partial charge on any atom is -0.372 e. The number of nitrogens with one attached hydrogen (secondary N) is 1. The third kappa shape index (κ3) is 4.91. The smallest absolute Gasteiger partial charge is 0.234 e. The third-order valence-electron chi connectivity index (χ3n) is 4.86. The van der Waals surface area contributed by atoms with E-state index in [1.807, 2.05) is 29.6 Å². The number of nitrogens with two attached hydrogens (primary N) is 1. The zero-order valence-corrected chi connectivity index (χ0v) is 17.7. The first kappa shape index (κ1) is 19.8. The van der Waals surface area contributed by atoms with Crippen molar-refractivity contribution in [3.05, 3.63) is 41.8 Å². The van der Waals surface area contributed by atoms with Gasteiger partial charge < -0.3 is 16.1 Å².